The predicted molar refractivity (Wildman–Crippen MR) is 149 cm³/mol. The van der Waals surface area contributed by atoms with Crippen molar-refractivity contribution in [3.05, 3.63) is 99.1 Å². The third-order valence-electron chi connectivity index (χ3n) is 6.47. The van der Waals surface area contributed by atoms with Crippen LogP contribution in [0.4, 0.5) is 0 Å². The number of nitrogens with one attached hydrogen (secondary N) is 1. The Balaban J connectivity index is 1.67. The van der Waals surface area contributed by atoms with Gasteiger partial charge in [-0.1, -0.05) is 67.0 Å². The molecule has 4 N–H and O–H groups in total. The SMILES string of the molecule is CCCCc1nc(C)n(C2N=CC(OCC)=CN2)c(=O)c1Cc1ccc(-c2ccccc2/C(N)=N/O)cc1. The smallest absolute Gasteiger partial charge is 0.260 e. The van der Waals surface area contributed by atoms with Crippen molar-refractivity contribution < 1.29 is 9.94 Å². The standard InChI is InChI=1S/C29H34N6O3/c1-4-6-11-26-25(28(36)35(19(3)33-26)29-31-17-22(18-32-29)38-5-2)16-20-12-14-21(15-13-20)23-9-7-8-10-24(23)27(30)34-37/h7-10,12-15,17-18,29,31,37H,4-6,11,16H2,1-3H3,(H2,30,34). The number of amidine groups is 1. The maximum Gasteiger partial charge on any atom is 0.260 e. The zero-order valence-corrected chi connectivity index (χ0v) is 22.0. The summed E-state index contributed by atoms with van der Waals surface area (Å²) in [4.78, 5) is 23.2. The van der Waals surface area contributed by atoms with Crippen molar-refractivity contribution in [2.45, 2.75) is 52.7 Å². The van der Waals surface area contributed by atoms with Gasteiger partial charge in [0.05, 0.1) is 18.5 Å². The van der Waals surface area contributed by atoms with E-state index in [1.807, 2.05) is 62.4 Å². The first-order valence-electron chi connectivity index (χ1n) is 12.9. The van der Waals surface area contributed by atoms with Gasteiger partial charge < -0.3 is 21.0 Å². The summed E-state index contributed by atoms with van der Waals surface area (Å²) in [6, 6.07) is 15.5. The number of hydrogen-bond donors (Lipinski definition) is 3. The molecule has 0 bridgehead atoms. The monoisotopic (exact) mass is 514 g/mol. The number of aromatic nitrogens is 2. The van der Waals surface area contributed by atoms with E-state index in [2.05, 4.69) is 22.4 Å². The van der Waals surface area contributed by atoms with Crippen molar-refractivity contribution >= 4 is 12.1 Å². The van der Waals surface area contributed by atoms with Gasteiger partial charge in [-0.15, -0.1) is 0 Å². The lowest BCUT2D eigenvalue weighted by atomic mass is 9.96. The van der Waals surface area contributed by atoms with Crippen LogP contribution >= 0.6 is 0 Å². The first-order chi connectivity index (χ1) is 18.5. The van der Waals surface area contributed by atoms with E-state index in [1.165, 1.54) is 0 Å². The molecule has 0 amide bonds. The van der Waals surface area contributed by atoms with Gasteiger partial charge in [-0.05, 0) is 43.4 Å². The van der Waals surface area contributed by atoms with Crippen LogP contribution in [0, 0.1) is 6.92 Å². The predicted octanol–water partition coefficient (Wildman–Crippen LogP) is 4.25. The van der Waals surface area contributed by atoms with Crippen LogP contribution in [-0.4, -0.2) is 33.4 Å². The number of aliphatic imine (C=N–C) groups is 1. The lowest BCUT2D eigenvalue weighted by Gasteiger charge is -2.23. The van der Waals surface area contributed by atoms with Gasteiger partial charge in [-0.3, -0.25) is 9.36 Å². The minimum Gasteiger partial charge on any atom is -0.491 e. The Hall–Kier alpha value is -4.40. The summed E-state index contributed by atoms with van der Waals surface area (Å²) < 4.78 is 7.08. The molecule has 0 aliphatic carbocycles. The number of ether oxygens (including phenoxy) is 1. The molecule has 1 aliphatic rings. The Bertz CT molecular complexity index is 1420. The number of oxime groups is 1. The normalized spacial score (nSPS) is 15.2. The Kier molecular flexibility index (Phi) is 8.58. The molecule has 1 aliphatic heterocycles. The van der Waals surface area contributed by atoms with Gasteiger partial charge in [0.2, 0.25) is 6.29 Å². The fourth-order valence-corrected chi connectivity index (χ4v) is 4.54. The van der Waals surface area contributed by atoms with Crippen LogP contribution in [0.1, 0.15) is 61.2 Å². The van der Waals surface area contributed by atoms with Gasteiger partial charge >= 0.3 is 0 Å². The summed E-state index contributed by atoms with van der Waals surface area (Å²) in [6.07, 6.45) is 5.92. The average Bonchev–Trinajstić information content (AvgIpc) is 2.94. The van der Waals surface area contributed by atoms with E-state index >= 15 is 0 Å². The van der Waals surface area contributed by atoms with Crippen molar-refractivity contribution in [2.24, 2.45) is 15.9 Å². The van der Waals surface area contributed by atoms with Crippen molar-refractivity contribution in [1.82, 2.24) is 14.9 Å². The van der Waals surface area contributed by atoms with Crippen LogP contribution in [0.15, 0.2) is 75.4 Å². The molecule has 2 aromatic carbocycles. The second kappa shape index (κ2) is 12.2. The first kappa shape index (κ1) is 26.7. The molecular formula is C29H34N6O3. The zero-order valence-electron chi connectivity index (χ0n) is 22.0. The molecule has 0 saturated carbocycles. The summed E-state index contributed by atoms with van der Waals surface area (Å²) in [6.45, 7) is 6.41. The molecule has 9 heteroatoms. The Morgan fingerprint density at radius 2 is 1.95 bits per heavy atom. The van der Waals surface area contributed by atoms with E-state index in [1.54, 1.807) is 17.0 Å². The van der Waals surface area contributed by atoms with Crippen molar-refractivity contribution in [3.63, 3.8) is 0 Å². The maximum absolute atomic E-state index is 13.8. The van der Waals surface area contributed by atoms with E-state index in [0.717, 1.165) is 41.6 Å². The highest BCUT2D eigenvalue weighted by Crippen LogP contribution is 2.25. The quantitative estimate of drug-likeness (QED) is 0.161. The van der Waals surface area contributed by atoms with Crippen molar-refractivity contribution in [2.75, 3.05) is 6.61 Å². The lowest BCUT2D eigenvalue weighted by molar-refractivity contribution is 0.243. The van der Waals surface area contributed by atoms with Crippen LogP contribution in [0.5, 0.6) is 0 Å². The molecule has 38 heavy (non-hydrogen) atoms. The van der Waals surface area contributed by atoms with E-state index < -0.39 is 6.29 Å². The number of unbranched alkanes of at least 4 members (excludes halogenated alkanes) is 1. The Morgan fingerprint density at radius 1 is 1.18 bits per heavy atom. The van der Waals surface area contributed by atoms with Gasteiger partial charge in [0, 0.05) is 23.7 Å². The number of aryl methyl sites for hydroxylation is 2. The molecule has 2 heterocycles. The van der Waals surface area contributed by atoms with Crippen LogP contribution < -0.4 is 16.6 Å². The Labute approximate surface area is 222 Å². The van der Waals surface area contributed by atoms with Gasteiger partial charge in [-0.2, -0.15) is 0 Å². The average molecular weight is 515 g/mol. The van der Waals surface area contributed by atoms with Gasteiger partial charge in [0.25, 0.3) is 5.56 Å². The largest absolute Gasteiger partial charge is 0.491 e. The molecule has 9 nitrogen and oxygen atoms in total. The molecule has 1 unspecified atom stereocenters. The lowest BCUT2D eigenvalue weighted by Crippen LogP contribution is -2.37. The summed E-state index contributed by atoms with van der Waals surface area (Å²) in [5.41, 5.74) is 10.7. The number of hydrogen-bond acceptors (Lipinski definition) is 7. The first-order valence-corrected chi connectivity index (χ1v) is 12.9. The number of rotatable bonds is 10. The molecule has 1 aromatic heterocycles. The molecule has 1 atom stereocenters. The van der Waals surface area contributed by atoms with Crippen molar-refractivity contribution in [3.8, 4) is 11.1 Å². The Morgan fingerprint density at radius 3 is 2.61 bits per heavy atom. The van der Waals surface area contributed by atoms with E-state index in [0.29, 0.717) is 35.7 Å². The molecule has 0 radical (unpaired) electrons. The number of benzene rings is 2. The minimum atomic E-state index is -0.587. The number of nitrogens with zero attached hydrogens (tertiary/aromatic N) is 4. The summed E-state index contributed by atoms with van der Waals surface area (Å²) in [7, 11) is 0. The zero-order chi connectivity index (χ0) is 27.1. The van der Waals surface area contributed by atoms with Crippen LogP contribution in [0.3, 0.4) is 0 Å². The number of nitrogens with two attached hydrogens (primary N) is 1. The highest BCUT2D eigenvalue weighted by molar-refractivity contribution is 6.03. The minimum absolute atomic E-state index is 0.0544. The number of allylic oxidation sites excluding steroid dienone is 1. The van der Waals surface area contributed by atoms with Gasteiger partial charge in [0.1, 0.15) is 5.82 Å². The highest BCUT2D eigenvalue weighted by Gasteiger charge is 2.21. The third kappa shape index (κ3) is 5.77. The molecule has 0 spiro atoms. The molecule has 198 valence electrons. The summed E-state index contributed by atoms with van der Waals surface area (Å²) >= 11 is 0. The van der Waals surface area contributed by atoms with E-state index in [4.69, 9.17) is 20.7 Å². The summed E-state index contributed by atoms with van der Waals surface area (Å²) in [5, 5.41) is 15.5. The van der Waals surface area contributed by atoms with Crippen LogP contribution in [0.25, 0.3) is 11.1 Å². The van der Waals surface area contributed by atoms with Crippen LogP contribution in [-0.2, 0) is 17.6 Å². The van der Waals surface area contributed by atoms with Gasteiger partial charge in [0.15, 0.2) is 11.6 Å². The van der Waals surface area contributed by atoms with E-state index in [-0.39, 0.29) is 11.4 Å². The molecular weight excluding hydrogens is 480 g/mol. The maximum atomic E-state index is 13.8. The van der Waals surface area contributed by atoms with Crippen LogP contribution in [0.2, 0.25) is 0 Å². The fourth-order valence-electron chi connectivity index (χ4n) is 4.54. The molecule has 0 fully saturated rings. The fraction of sp³-hybridized carbons (Fsp3) is 0.310. The molecule has 0 saturated heterocycles. The van der Waals surface area contributed by atoms with E-state index in [9.17, 15) is 4.79 Å². The second-order valence-electron chi connectivity index (χ2n) is 9.07. The highest BCUT2D eigenvalue weighted by atomic mass is 16.5. The molecule has 3 aromatic rings. The topological polar surface area (TPSA) is 127 Å². The third-order valence-corrected chi connectivity index (χ3v) is 6.47. The molecule has 4 rings (SSSR count). The summed E-state index contributed by atoms with van der Waals surface area (Å²) in [5.74, 6) is 1.29. The van der Waals surface area contributed by atoms with Crippen molar-refractivity contribution in [1.29, 1.82) is 0 Å². The van der Waals surface area contributed by atoms with Gasteiger partial charge in [-0.25, -0.2) is 9.98 Å². The second-order valence-corrected chi connectivity index (χ2v) is 9.07.